The van der Waals surface area contributed by atoms with Gasteiger partial charge >= 0.3 is 0 Å². The molecular formula is C12H15BrN4O. The fourth-order valence-electron chi connectivity index (χ4n) is 1.64. The number of methoxy groups -OCH3 is 1. The Kier molecular flexibility index (Phi) is 4.33. The molecule has 0 amide bonds. The van der Waals surface area contributed by atoms with E-state index < -0.39 is 0 Å². The van der Waals surface area contributed by atoms with Crippen LogP contribution in [0.25, 0.3) is 0 Å². The first-order chi connectivity index (χ1) is 8.72. The molecule has 0 fully saturated rings. The summed E-state index contributed by atoms with van der Waals surface area (Å²) in [7, 11) is 3.53. The predicted octanol–water partition coefficient (Wildman–Crippen LogP) is 1.82. The number of hydrogen-bond donors (Lipinski definition) is 1. The van der Waals surface area contributed by atoms with Gasteiger partial charge in [0.1, 0.15) is 12.1 Å². The molecule has 0 saturated heterocycles. The van der Waals surface area contributed by atoms with Crippen molar-refractivity contribution in [3.05, 3.63) is 40.4 Å². The van der Waals surface area contributed by atoms with Gasteiger partial charge in [-0.2, -0.15) is 5.10 Å². The number of nitrogens with zero attached hydrogens (tertiary/aromatic N) is 3. The molecule has 2 aromatic rings. The number of benzene rings is 1. The van der Waals surface area contributed by atoms with Gasteiger partial charge in [0.15, 0.2) is 5.82 Å². The summed E-state index contributed by atoms with van der Waals surface area (Å²) >= 11 is 3.47. The zero-order chi connectivity index (χ0) is 13.0. The maximum absolute atomic E-state index is 5.20. The Labute approximate surface area is 114 Å². The van der Waals surface area contributed by atoms with Gasteiger partial charge in [0, 0.05) is 0 Å². The molecule has 0 aliphatic rings. The van der Waals surface area contributed by atoms with Crippen molar-refractivity contribution in [1.29, 1.82) is 0 Å². The Morgan fingerprint density at radius 1 is 1.44 bits per heavy atom. The van der Waals surface area contributed by atoms with Gasteiger partial charge in [-0.25, -0.2) is 9.67 Å². The van der Waals surface area contributed by atoms with Gasteiger partial charge in [0.05, 0.1) is 24.7 Å². The van der Waals surface area contributed by atoms with Crippen molar-refractivity contribution in [3.8, 4) is 5.75 Å². The minimum absolute atomic E-state index is 0.680. The van der Waals surface area contributed by atoms with E-state index in [0.717, 1.165) is 21.6 Å². The summed E-state index contributed by atoms with van der Waals surface area (Å²) in [6, 6.07) is 5.98. The van der Waals surface area contributed by atoms with Crippen molar-refractivity contribution in [1.82, 2.24) is 20.1 Å². The van der Waals surface area contributed by atoms with Crippen LogP contribution in [-0.2, 0) is 13.1 Å². The minimum Gasteiger partial charge on any atom is -0.496 e. The molecular weight excluding hydrogens is 296 g/mol. The van der Waals surface area contributed by atoms with Gasteiger partial charge in [-0.05, 0) is 40.7 Å². The maximum atomic E-state index is 5.20. The SMILES string of the molecule is CNCc1ncn(Cc2ccc(OC)c(Br)c2)n1. The first kappa shape index (κ1) is 13.0. The van der Waals surface area contributed by atoms with E-state index in [2.05, 4.69) is 31.3 Å². The zero-order valence-corrected chi connectivity index (χ0v) is 11.9. The lowest BCUT2D eigenvalue weighted by Gasteiger charge is -2.06. The first-order valence-corrected chi connectivity index (χ1v) is 6.37. The van der Waals surface area contributed by atoms with E-state index in [-0.39, 0.29) is 0 Å². The van der Waals surface area contributed by atoms with Gasteiger partial charge < -0.3 is 10.1 Å². The third-order valence-electron chi connectivity index (χ3n) is 2.48. The van der Waals surface area contributed by atoms with E-state index in [4.69, 9.17) is 4.74 Å². The van der Waals surface area contributed by atoms with Crippen molar-refractivity contribution in [2.24, 2.45) is 0 Å². The third-order valence-corrected chi connectivity index (χ3v) is 3.10. The average Bonchev–Trinajstić information content (AvgIpc) is 2.77. The number of ether oxygens (including phenoxy) is 1. The minimum atomic E-state index is 0.680. The molecule has 0 spiro atoms. The van der Waals surface area contributed by atoms with Gasteiger partial charge in [-0.3, -0.25) is 0 Å². The van der Waals surface area contributed by atoms with Crippen molar-refractivity contribution in [3.63, 3.8) is 0 Å². The highest BCUT2D eigenvalue weighted by molar-refractivity contribution is 9.10. The molecule has 0 unspecified atom stereocenters. The van der Waals surface area contributed by atoms with Gasteiger partial charge in [0.2, 0.25) is 0 Å². The number of halogens is 1. The number of nitrogens with one attached hydrogen (secondary N) is 1. The molecule has 0 atom stereocenters. The molecule has 5 nitrogen and oxygen atoms in total. The normalized spacial score (nSPS) is 10.6. The van der Waals surface area contributed by atoms with E-state index in [0.29, 0.717) is 13.1 Å². The van der Waals surface area contributed by atoms with Gasteiger partial charge in [-0.1, -0.05) is 6.07 Å². The third kappa shape index (κ3) is 3.08. The number of rotatable bonds is 5. The van der Waals surface area contributed by atoms with Crippen molar-refractivity contribution in [2.45, 2.75) is 13.1 Å². The van der Waals surface area contributed by atoms with Crippen LogP contribution >= 0.6 is 15.9 Å². The maximum Gasteiger partial charge on any atom is 0.164 e. The largest absolute Gasteiger partial charge is 0.496 e. The zero-order valence-electron chi connectivity index (χ0n) is 10.4. The van der Waals surface area contributed by atoms with Crippen LogP contribution in [0.5, 0.6) is 5.75 Å². The summed E-state index contributed by atoms with van der Waals surface area (Å²) < 4.78 is 7.96. The Balaban J connectivity index is 2.10. The molecule has 96 valence electrons. The molecule has 0 radical (unpaired) electrons. The summed E-state index contributed by atoms with van der Waals surface area (Å²) in [4.78, 5) is 4.21. The Morgan fingerprint density at radius 3 is 2.94 bits per heavy atom. The molecule has 0 aliphatic heterocycles. The summed E-state index contributed by atoms with van der Waals surface area (Å²) in [6.45, 7) is 1.37. The van der Waals surface area contributed by atoms with Crippen LogP contribution in [0.1, 0.15) is 11.4 Å². The van der Waals surface area contributed by atoms with Crippen molar-refractivity contribution < 1.29 is 4.74 Å². The van der Waals surface area contributed by atoms with Crippen LogP contribution in [0, 0.1) is 0 Å². The van der Waals surface area contributed by atoms with Crippen LogP contribution in [0.2, 0.25) is 0 Å². The summed E-state index contributed by atoms with van der Waals surface area (Å²) in [5.41, 5.74) is 1.14. The molecule has 0 bridgehead atoms. The molecule has 18 heavy (non-hydrogen) atoms. The lowest BCUT2D eigenvalue weighted by Crippen LogP contribution is -2.08. The smallest absolute Gasteiger partial charge is 0.164 e. The molecule has 6 heteroatoms. The molecule has 0 saturated carbocycles. The summed E-state index contributed by atoms with van der Waals surface area (Å²) in [5.74, 6) is 1.62. The van der Waals surface area contributed by atoms with Crippen LogP contribution in [0.3, 0.4) is 0 Å². The Hall–Kier alpha value is -1.40. The van der Waals surface area contributed by atoms with E-state index in [1.165, 1.54) is 0 Å². The van der Waals surface area contributed by atoms with Crippen LogP contribution < -0.4 is 10.1 Å². The predicted molar refractivity (Wildman–Crippen MR) is 72.6 cm³/mol. The van der Waals surface area contributed by atoms with E-state index >= 15 is 0 Å². The van der Waals surface area contributed by atoms with E-state index in [9.17, 15) is 0 Å². The lowest BCUT2D eigenvalue weighted by molar-refractivity contribution is 0.412. The van der Waals surface area contributed by atoms with Crippen LogP contribution in [-0.4, -0.2) is 28.9 Å². The van der Waals surface area contributed by atoms with Gasteiger partial charge in [0.25, 0.3) is 0 Å². The lowest BCUT2D eigenvalue weighted by atomic mass is 10.2. The molecule has 0 aliphatic carbocycles. The van der Waals surface area contributed by atoms with Crippen LogP contribution in [0.15, 0.2) is 29.0 Å². The second kappa shape index (κ2) is 5.97. The highest BCUT2D eigenvalue weighted by atomic mass is 79.9. The van der Waals surface area contributed by atoms with Crippen molar-refractivity contribution in [2.75, 3.05) is 14.2 Å². The molecule has 1 aromatic heterocycles. The number of aromatic nitrogens is 3. The van der Waals surface area contributed by atoms with Gasteiger partial charge in [-0.15, -0.1) is 0 Å². The monoisotopic (exact) mass is 310 g/mol. The molecule has 1 aromatic carbocycles. The summed E-state index contributed by atoms with van der Waals surface area (Å²) in [6.07, 6.45) is 1.74. The first-order valence-electron chi connectivity index (χ1n) is 5.58. The Bertz CT molecular complexity index is 527. The highest BCUT2D eigenvalue weighted by Gasteiger charge is 2.04. The fraction of sp³-hybridized carbons (Fsp3) is 0.333. The average molecular weight is 311 g/mol. The quantitative estimate of drug-likeness (QED) is 0.915. The number of hydrogen-bond acceptors (Lipinski definition) is 4. The molecule has 1 N–H and O–H groups in total. The molecule has 1 heterocycles. The topological polar surface area (TPSA) is 52.0 Å². The van der Waals surface area contributed by atoms with Crippen molar-refractivity contribution >= 4 is 15.9 Å². The second-order valence-corrected chi connectivity index (χ2v) is 4.71. The van der Waals surface area contributed by atoms with E-state index in [1.807, 2.05) is 29.9 Å². The standard InChI is InChI=1S/C12H15BrN4O/c1-14-6-12-15-8-17(16-12)7-9-3-4-11(18-2)10(13)5-9/h3-5,8,14H,6-7H2,1-2H3. The second-order valence-electron chi connectivity index (χ2n) is 3.86. The van der Waals surface area contributed by atoms with Crippen LogP contribution in [0.4, 0.5) is 0 Å². The Morgan fingerprint density at radius 2 is 2.28 bits per heavy atom. The fourth-order valence-corrected chi connectivity index (χ4v) is 2.23. The summed E-state index contributed by atoms with van der Waals surface area (Å²) in [5, 5.41) is 7.39. The van der Waals surface area contributed by atoms with E-state index in [1.54, 1.807) is 13.4 Å². The highest BCUT2D eigenvalue weighted by Crippen LogP contribution is 2.25. The molecule has 2 rings (SSSR count).